The van der Waals surface area contributed by atoms with Gasteiger partial charge in [-0.2, -0.15) is 0 Å². The van der Waals surface area contributed by atoms with Gasteiger partial charge in [-0.05, 0) is 49.2 Å². The Labute approximate surface area is 146 Å². The van der Waals surface area contributed by atoms with Crippen LogP contribution in [-0.2, 0) is 22.6 Å². The fraction of sp³-hybridized carbons (Fsp3) is 0.368. The smallest absolute Gasteiger partial charge is 0.337 e. The maximum atomic E-state index is 12.5. The first kappa shape index (κ1) is 17.2. The van der Waals surface area contributed by atoms with Crippen LogP contribution in [0.1, 0.15) is 34.5 Å². The minimum atomic E-state index is -0.345. The highest BCUT2D eigenvalue weighted by molar-refractivity contribution is 5.89. The number of hydrogen-bond acceptors (Lipinski definition) is 5. The molecular formula is C19H22N2O4. The van der Waals surface area contributed by atoms with Crippen LogP contribution in [0.3, 0.4) is 0 Å². The second-order valence-electron chi connectivity index (χ2n) is 6.11. The van der Waals surface area contributed by atoms with Crippen molar-refractivity contribution in [1.82, 2.24) is 10.2 Å². The molecule has 1 aromatic heterocycles. The van der Waals surface area contributed by atoms with Crippen LogP contribution in [0, 0.1) is 0 Å². The van der Waals surface area contributed by atoms with Crippen molar-refractivity contribution in [3.05, 3.63) is 59.5 Å². The zero-order chi connectivity index (χ0) is 17.6. The summed E-state index contributed by atoms with van der Waals surface area (Å²) in [6.07, 6.45) is 3.45. The van der Waals surface area contributed by atoms with Gasteiger partial charge in [0.05, 0.1) is 31.5 Å². The third-order valence-corrected chi connectivity index (χ3v) is 4.44. The minimum absolute atomic E-state index is 0.0279. The molecule has 1 unspecified atom stereocenters. The molecule has 1 saturated heterocycles. The highest BCUT2D eigenvalue weighted by atomic mass is 16.5. The lowest BCUT2D eigenvalue weighted by molar-refractivity contribution is -0.125. The van der Waals surface area contributed by atoms with Gasteiger partial charge in [0.2, 0.25) is 5.91 Å². The second kappa shape index (κ2) is 7.98. The zero-order valence-electron chi connectivity index (χ0n) is 14.2. The summed E-state index contributed by atoms with van der Waals surface area (Å²) < 4.78 is 9.95. The average Bonchev–Trinajstić information content (AvgIpc) is 3.31. The number of rotatable bonds is 6. The predicted molar refractivity (Wildman–Crippen MR) is 91.8 cm³/mol. The van der Waals surface area contributed by atoms with Crippen molar-refractivity contribution in [2.75, 3.05) is 13.7 Å². The molecule has 0 saturated carbocycles. The normalized spacial score (nSPS) is 17.4. The molecule has 25 heavy (non-hydrogen) atoms. The Balaban J connectivity index is 1.57. The van der Waals surface area contributed by atoms with E-state index in [2.05, 4.69) is 10.2 Å². The van der Waals surface area contributed by atoms with E-state index in [0.29, 0.717) is 18.7 Å². The third-order valence-electron chi connectivity index (χ3n) is 4.44. The molecule has 1 N–H and O–H groups in total. The van der Waals surface area contributed by atoms with E-state index < -0.39 is 0 Å². The maximum Gasteiger partial charge on any atom is 0.337 e. The van der Waals surface area contributed by atoms with E-state index >= 15 is 0 Å². The number of esters is 1. The Morgan fingerprint density at radius 3 is 2.76 bits per heavy atom. The summed E-state index contributed by atoms with van der Waals surface area (Å²) in [5.41, 5.74) is 1.60. The number of nitrogens with zero attached hydrogens (tertiary/aromatic N) is 1. The molecule has 1 atom stereocenters. The van der Waals surface area contributed by atoms with Crippen molar-refractivity contribution in [2.45, 2.75) is 32.0 Å². The van der Waals surface area contributed by atoms with Gasteiger partial charge < -0.3 is 14.5 Å². The van der Waals surface area contributed by atoms with Crippen molar-refractivity contribution in [2.24, 2.45) is 0 Å². The van der Waals surface area contributed by atoms with Crippen LogP contribution in [0.25, 0.3) is 0 Å². The number of hydrogen-bond donors (Lipinski definition) is 1. The Hall–Kier alpha value is -2.60. The monoisotopic (exact) mass is 342 g/mol. The molecule has 0 radical (unpaired) electrons. The summed E-state index contributed by atoms with van der Waals surface area (Å²) in [5, 5.41) is 2.94. The molecule has 2 heterocycles. The van der Waals surface area contributed by atoms with Gasteiger partial charge in [0.15, 0.2) is 0 Å². The van der Waals surface area contributed by atoms with Crippen LogP contribution in [0.5, 0.6) is 0 Å². The highest BCUT2D eigenvalue weighted by Crippen LogP contribution is 2.21. The standard InChI is InChI=1S/C19H22N2O4/c1-24-19(23)15-8-6-14(7-9-15)13-21-10-2-5-17(21)18(22)20-12-16-4-3-11-25-16/h3-4,6-9,11,17H,2,5,10,12-13H2,1H3,(H,20,22). The predicted octanol–water partition coefficient (Wildman–Crippen LogP) is 2.35. The van der Waals surface area contributed by atoms with E-state index in [-0.39, 0.29) is 17.9 Å². The van der Waals surface area contributed by atoms with Crippen LogP contribution in [0.4, 0.5) is 0 Å². The Morgan fingerprint density at radius 2 is 2.08 bits per heavy atom. The molecule has 1 fully saturated rings. The first-order valence-corrected chi connectivity index (χ1v) is 8.39. The van der Waals surface area contributed by atoms with Gasteiger partial charge in [0, 0.05) is 6.54 Å². The summed E-state index contributed by atoms with van der Waals surface area (Å²) in [6.45, 7) is 1.97. The number of benzene rings is 1. The van der Waals surface area contributed by atoms with Crippen LogP contribution in [0.15, 0.2) is 47.1 Å². The molecule has 132 valence electrons. The number of furan rings is 1. The molecular weight excluding hydrogens is 320 g/mol. The van der Waals surface area contributed by atoms with Crippen LogP contribution in [0.2, 0.25) is 0 Å². The van der Waals surface area contributed by atoms with Crippen LogP contribution >= 0.6 is 0 Å². The molecule has 0 aliphatic carbocycles. The van der Waals surface area contributed by atoms with Crippen molar-refractivity contribution in [1.29, 1.82) is 0 Å². The van der Waals surface area contributed by atoms with Gasteiger partial charge in [0.1, 0.15) is 5.76 Å². The van der Waals surface area contributed by atoms with E-state index in [0.717, 1.165) is 30.7 Å². The molecule has 0 spiro atoms. The summed E-state index contributed by atoms with van der Waals surface area (Å²) in [6, 6.07) is 10.8. The van der Waals surface area contributed by atoms with Gasteiger partial charge in [0.25, 0.3) is 0 Å². The summed E-state index contributed by atoms with van der Waals surface area (Å²) in [7, 11) is 1.37. The topological polar surface area (TPSA) is 71.8 Å². The lowest BCUT2D eigenvalue weighted by atomic mass is 10.1. The molecule has 3 rings (SSSR count). The fourth-order valence-electron chi connectivity index (χ4n) is 3.12. The van der Waals surface area contributed by atoms with E-state index in [1.165, 1.54) is 7.11 Å². The number of nitrogens with one attached hydrogen (secondary N) is 1. The number of methoxy groups -OCH3 is 1. The summed E-state index contributed by atoms with van der Waals surface area (Å²) >= 11 is 0. The quantitative estimate of drug-likeness (QED) is 0.816. The van der Waals surface area contributed by atoms with E-state index in [9.17, 15) is 9.59 Å². The molecule has 6 nitrogen and oxygen atoms in total. The van der Waals surface area contributed by atoms with E-state index in [1.807, 2.05) is 18.2 Å². The zero-order valence-corrected chi connectivity index (χ0v) is 14.2. The van der Waals surface area contributed by atoms with Crippen molar-refractivity contribution >= 4 is 11.9 Å². The molecule has 2 aromatic rings. The van der Waals surface area contributed by atoms with Gasteiger partial charge in [-0.15, -0.1) is 0 Å². The largest absolute Gasteiger partial charge is 0.467 e. The highest BCUT2D eigenvalue weighted by Gasteiger charge is 2.30. The van der Waals surface area contributed by atoms with E-state index in [1.54, 1.807) is 24.5 Å². The van der Waals surface area contributed by atoms with Gasteiger partial charge >= 0.3 is 5.97 Å². The first-order valence-electron chi connectivity index (χ1n) is 8.39. The van der Waals surface area contributed by atoms with Crippen molar-refractivity contribution < 1.29 is 18.7 Å². The van der Waals surface area contributed by atoms with Gasteiger partial charge in [-0.1, -0.05) is 12.1 Å². The lowest BCUT2D eigenvalue weighted by Gasteiger charge is -2.23. The average molecular weight is 342 g/mol. The molecule has 1 amide bonds. The van der Waals surface area contributed by atoms with E-state index in [4.69, 9.17) is 9.15 Å². The van der Waals surface area contributed by atoms with Crippen molar-refractivity contribution in [3.8, 4) is 0 Å². The Bertz CT molecular complexity index is 710. The molecule has 1 aromatic carbocycles. The minimum Gasteiger partial charge on any atom is -0.467 e. The molecule has 1 aliphatic heterocycles. The fourth-order valence-corrected chi connectivity index (χ4v) is 3.12. The molecule has 0 bridgehead atoms. The first-order chi connectivity index (χ1) is 12.2. The Kier molecular flexibility index (Phi) is 5.50. The lowest BCUT2D eigenvalue weighted by Crippen LogP contribution is -2.42. The molecule has 6 heteroatoms. The number of carbonyl (C=O) groups is 2. The number of likely N-dealkylation sites (tertiary alicyclic amines) is 1. The van der Waals surface area contributed by atoms with Crippen LogP contribution in [-0.4, -0.2) is 36.5 Å². The maximum absolute atomic E-state index is 12.5. The summed E-state index contributed by atoms with van der Waals surface area (Å²) in [4.78, 5) is 26.1. The van der Waals surface area contributed by atoms with Crippen molar-refractivity contribution in [3.63, 3.8) is 0 Å². The van der Waals surface area contributed by atoms with Crippen LogP contribution < -0.4 is 5.32 Å². The SMILES string of the molecule is COC(=O)c1ccc(CN2CCCC2C(=O)NCc2ccco2)cc1. The number of carbonyl (C=O) groups excluding carboxylic acids is 2. The number of amides is 1. The number of ether oxygens (including phenoxy) is 1. The van der Waals surface area contributed by atoms with Gasteiger partial charge in [-0.3, -0.25) is 9.69 Å². The van der Waals surface area contributed by atoms with Gasteiger partial charge in [-0.25, -0.2) is 4.79 Å². The molecule has 1 aliphatic rings. The second-order valence-corrected chi connectivity index (χ2v) is 6.11. The third kappa shape index (κ3) is 4.28. The Morgan fingerprint density at radius 1 is 1.28 bits per heavy atom. The summed E-state index contributed by atoms with van der Waals surface area (Å²) in [5.74, 6) is 0.430.